The van der Waals surface area contributed by atoms with Gasteiger partial charge in [-0.1, -0.05) is 23.8 Å². The van der Waals surface area contributed by atoms with Gasteiger partial charge in [0.05, 0.1) is 17.8 Å². The van der Waals surface area contributed by atoms with Gasteiger partial charge in [0.1, 0.15) is 5.60 Å². The number of rotatable bonds is 3. The van der Waals surface area contributed by atoms with Crippen molar-refractivity contribution in [2.75, 3.05) is 0 Å². The highest BCUT2D eigenvalue weighted by atomic mass is 16.6. The van der Waals surface area contributed by atoms with Crippen molar-refractivity contribution in [2.45, 2.75) is 90.1 Å². The highest BCUT2D eigenvalue weighted by molar-refractivity contribution is 5.66. The van der Waals surface area contributed by atoms with Gasteiger partial charge in [0, 0.05) is 18.8 Å². The van der Waals surface area contributed by atoms with Crippen LogP contribution >= 0.6 is 0 Å². The van der Waals surface area contributed by atoms with Crippen molar-refractivity contribution in [3.8, 4) is 0 Å². The van der Waals surface area contributed by atoms with E-state index in [1.807, 2.05) is 13.8 Å². The average Bonchev–Trinajstić information content (AvgIpc) is 3.07. The van der Waals surface area contributed by atoms with Crippen molar-refractivity contribution in [3.05, 3.63) is 23.8 Å². The Balaban J connectivity index is 1.80. The van der Waals surface area contributed by atoms with Crippen LogP contribution in [0.2, 0.25) is 0 Å². The van der Waals surface area contributed by atoms with Gasteiger partial charge >= 0.3 is 5.97 Å². The van der Waals surface area contributed by atoms with E-state index in [0.29, 0.717) is 5.92 Å². The molecule has 0 radical (unpaired) electrons. The van der Waals surface area contributed by atoms with Gasteiger partial charge in [0.2, 0.25) is 0 Å². The number of aliphatic hydroxyl groups is 1. The molecule has 0 aromatic carbocycles. The van der Waals surface area contributed by atoms with E-state index >= 15 is 0 Å². The van der Waals surface area contributed by atoms with Gasteiger partial charge in [-0.15, -0.1) is 0 Å². The van der Waals surface area contributed by atoms with Gasteiger partial charge in [-0.05, 0) is 65.7 Å². The lowest BCUT2D eigenvalue weighted by Gasteiger charge is -2.40. The molecule has 3 aliphatic rings. The minimum Gasteiger partial charge on any atom is -0.457 e. The Kier molecular flexibility index (Phi) is 5.13. The highest BCUT2D eigenvalue weighted by Crippen LogP contribution is 2.51. The molecule has 0 aromatic rings. The zero-order valence-electron chi connectivity index (χ0n) is 16.9. The molecular formula is C22H34O4. The van der Waals surface area contributed by atoms with Crippen LogP contribution in [0.25, 0.3) is 0 Å². The van der Waals surface area contributed by atoms with Crippen LogP contribution < -0.4 is 0 Å². The largest absolute Gasteiger partial charge is 0.457 e. The first-order valence-corrected chi connectivity index (χ1v) is 9.95. The van der Waals surface area contributed by atoms with Gasteiger partial charge in [-0.3, -0.25) is 4.79 Å². The molecule has 0 amide bonds. The summed E-state index contributed by atoms with van der Waals surface area (Å²) in [5, 5.41) is 11.3. The summed E-state index contributed by atoms with van der Waals surface area (Å²) in [7, 11) is 0. The minimum atomic E-state index is -0.658. The van der Waals surface area contributed by atoms with Crippen molar-refractivity contribution in [3.63, 3.8) is 0 Å². The molecule has 1 saturated heterocycles. The molecule has 1 N–H and O–H groups in total. The van der Waals surface area contributed by atoms with E-state index in [0.717, 1.165) is 32.1 Å². The predicted molar refractivity (Wildman–Crippen MR) is 102 cm³/mol. The van der Waals surface area contributed by atoms with Crippen molar-refractivity contribution in [1.29, 1.82) is 0 Å². The van der Waals surface area contributed by atoms with Crippen LogP contribution in [0.3, 0.4) is 0 Å². The van der Waals surface area contributed by atoms with Gasteiger partial charge < -0.3 is 14.6 Å². The number of allylic oxidation sites excluding steroid dienone is 2. The predicted octanol–water partition coefficient (Wildman–Crippen LogP) is 4.18. The number of esters is 1. The topological polar surface area (TPSA) is 55.8 Å². The van der Waals surface area contributed by atoms with Crippen molar-refractivity contribution >= 4 is 5.97 Å². The highest BCUT2D eigenvalue weighted by Gasteiger charge is 2.53. The molecule has 2 fully saturated rings. The lowest BCUT2D eigenvalue weighted by atomic mass is 9.74. The summed E-state index contributed by atoms with van der Waals surface area (Å²) in [6.45, 7) is 13.8. The maximum Gasteiger partial charge on any atom is 0.303 e. The quantitative estimate of drug-likeness (QED) is 0.604. The summed E-state index contributed by atoms with van der Waals surface area (Å²) in [6, 6.07) is 0. The lowest BCUT2D eigenvalue weighted by molar-refractivity contribution is -0.184. The SMILES string of the molecule is C=C1CCC(C2(C)CCC(C(C)(C)OC(C)=O)O2)C(O)C2C(C)=CCC12. The monoisotopic (exact) mass is 362 g/mol. The number of hydrogen-bond acceptors (Lipinski definition) is 4. The molecule has 6 atom stereocenters. The number of carbonyl (C=O) groups is 1. The van der Waals surface area contributed by atoms with Crippen LogP contribution in [0, 0.1) is 17.8 Å². The second-order valence-corrected chi connectivity index (χ2v) is 9.27. The molecular weight excluding hydrogens is 328 g/mol. The Bertz CT molecular complexity index is 620. The standard InChI is InChI=1S/C22H34O4/c1-13-8-10-17(20(24)19-14(2)7-9-16(13)19)22(6)12-11-18(26-22)21(4,5)25-15(3)23/h7,16-20,24H,1,8-12H2,2-6H3. The minimum absolute atomic E-state index is 0.0637. The van der Waals surface area contributed by atoms with Gasteiger partial charge in [0.15, 0.2) is 0 Å². The smallest absolute Gasteiger partial charge is 0.303 e. The summed E-state index contributed by atoms with van der Waals surface area (Å²) in [5.74, 6) is 0.311. The molecule has 26 heavy (non-hydrogen) atoms. The van der Waals surface area contributed by atoms with Crippen LogP contribution in [-0.4, -0.2) is 34.5 Å². The normalized spacial score (nSPS) is 40.8. The molecule has 4 heteroatoms. The molecule has 146 valence electrons. The van der Waals surface area contributed by atoms with Gasteiger partial charge in [-0.2, -0.15) is 0 Å². The van der Waals surface area contributed by atoms with Crippen LogP contribution in [0.1, 0.15) is 66.7 Å². The first-order valence-electron chi connectivity index (χ1n) is 9.95. The van der Waals surface area contributed by atoms with Crippen LogP contribution in [0.4, 0.5) is 0 Å². The molecule has 0 aromatic heterocycles. The molecule has 0 bridgehead atoms. The molecule has 2 aliphatic carbocycles. The Hall–Kier alpha value is -1.13. The van der Waals surface area contributed by atoms with E-state index < -0.39 is 17.3 Å². The van der Waals surface area contributed by atoms with Crippen LogP contribution in [0.15, 0.2) is 23.8 Å². The van der Waals surface area contributed by atoms with Crippen molar-refractivity contribution in [1.82, 2.24) is 0 Å². The molecule has 1 heterocycles. The Morgan fingerprint density at radius 1 is 1.42 bits per heavy atom. The van der Waals surface area contributed by atoms with E-state index in [9.17, 15) is 9.90 Å². The van der Waals surface area contributed by atoms with Crippen molar-refractivity contribution in [2.24, 2.45) is 17.8 Å². The Morgan fingerprint density at radius 3 is 2.77 bits per heavy atom. The second kappa shape index (κ2) is 6.79. The van der Waals surface area contributed by atoms with Crippen molar-refractivity contribution < 1.29 is 19.4 Å². The molecule has 6 unspecified atom stereocenters. The Morgan fingerprint density at radius 2 is 2.12 bits per heavy atom. The number of fused-ring (bicyclic) bond motifs is 1. The number of carbonyl (C=O) groups excluding carboxylic acids is 1. The van der Waals surface area contributed by atoms with Crippen LogP contribution in [0.5, 0.6) is 0 Å². The average molecular weight is 363 g/mol. The first-order chi connectivity index (χ1) is 12.0. The summed E-state index contributed by atoms with van der Waals surface area (Å²) in [6.07, 6.45) is 6.25. The van der Waals surface area contributed by atoms with E-state index in [1.54, 1.807) is 0 Å². The first kappa shape index (κ1) is 19.6. The number of hydrogen-bond donors (Lipinski definition) is 1. The zero-order chi connectivity index (χ0) is 19.3. The zero-order valence-corrected chi connectivity index (χ0v) is 16.9. The fourth-order valence-corrected chi connectivity index (χ4v) is 5.51. The van der Waals surface area contributed by atoms with E-state index in [4.69, 9.17) is 9.47 Å². The maximum absolute atomic E-state index is 11.4. The van der Waals surface area contributed by atoms with E-state index in [1.165, 1.54) is 18.1 Å². The second-order valence-electron chi connectivity index (χ2n) is 9.27. The third kappa shape index (κ3) is 3.38. The molecule has 1 aliphatic heterocycles. The lowest BCUT2D eigenvalue weighted by Crippen LogP contribution is -2.47. The van der Waals surface area contributed by atoms with Gasteiger partial charge in [0.25, 0.3) is 0 Å². The third-order valence-corrected chi connectivity index (χ3v) is 7.01. The summed E-state index contributed by atoms with van der Waals surface area (Å²) in [4.78, 5) is 11.4. The molecule has 0 spiro atoms. The molecule has 3 rings (SSSR count). The van der Waals surface area contributed by atoms with E-state index in [2.05, 4.69) is 26.5 Å². The van der Waals surface area contributed by atoms with Gasteiger partial charge in [-0.25, -0.2) is 0 Å². The molecule has 1 saturated carbocycles. The summed E-state index contributed by atoms with van der Waals surface area (Å²) < 4.78 is 12.0. The van der Waals surface area contributed by atoms with E-state index in [-0.39, 0.29) is 23.9 Å². The summed E-state index contributed by atoms with van der Waals surface area (Å²) >= 11 is 0. The Labute approximate surface area is 157 Å². The van der Waals surface area contributed by atoms with Crippen LogP contribution in [-0.2, 0) is 14.3 Å². The molecule has 4 nitrogen and oxygen atoms in total. The maximum atomic E-state index is 11.4. The third-order valence-electron chi connectivity index (χ3n) is 7.01. The fraction of sp³-hybridized carbons (Fsp3) is 0.773. The number of aliphatic hydroxyl groups excluding tert-OH is 1. The summed E-state index contributed by atoms with van der Waals surface area (Å²) in [5.41, 5.74) is 1.49. The fourth-order valence-electron chi connectivity index (χ4n) is 5.51. The number of ether oxygens (including phenoxy) is 2.